The van der Waals surface area contributed by atoms with Crippen molar-refractivity contribution in [1.82, 2.24) is 4.90 Å². The fourth-order valence-electron chi connectivity index (χ4n) is 1.77. The van der Waals surface area contributed by atoms with Gasteiger partial charge in [-0.05, 0) is 24.6 Å². The Morgan fingerprint density at radius 1 is 1.53 bits per heavy atom. The van der Waals surface area contributed by atoms with Gasteiger partial charge in [-0.25, -0.2) is 4.79 Å². The van der Waals surface area contributed by atoms with E-state index < -0.39 is 0 Å². The molecule has 1 aliphatic rings. The largest absolute Gasteiger partial charge is 0.363 e. The summed E-state index contributed by atoms with van der Waals surface area (Å²) in [6.45, 7) is 0.975. The molecule has 0 aliphatic carbocycles. The summed E-state index contributed by atoms with van der Waals surface area (Å²) < 4.78 is 0.931. The number of nitrogens with one attached hydrogen (secondary N) is 1. The van der Waals surface area contributed by atoms with Crippen LogP contribution in [0.15, 0.2) is 33.7 Å². The first-order chi connectivity index (χ1) is 8.15. The molecule has 0 atom stereocenters. The lowest BCUT2D eigenvalue weighted by Gasteiger charge is -2.10. The van der Waals surface area contributed by atoms with E-state index in [2.05, 4.69) is 26.2 Å². The summed E-state index contributed by atoms with van der Waals surface area (Å²) >= 11 is 3.35. The van der Waals surface area contributed by atoms with Gasteiger partial charge >= 0.3 is 6.03 Å². The highest BCUT2D eigenvalue weighted by molar-refractivity contribution is 9.10. The highest BCUT2D eigenvalue weighted by Gasteiger charge is 2.15. The number of anilines is 1. The normalized spacial score (nSPS) is 17.5. The number of halogens is 1. The summed E-state index contributed by atoms with van der Waals surface area (Å²) in [6, 6.07) is 7.14. The van der Waals surface area contributed by atoms with Gasteiger partial charge in [0.2, 0.25) is 0 Å². The van der Waals surface area contributed by atoms with Gasteiger partial charge in [-0.2, -0.15) is 4.99 Å². The van der Waals surface area contributed by atoms with E-state index >= 15 is 0 Å². The van der Waals surface area contributed by atoms with Gasteiger partial charge < -0.3 is 10.2 Å². The molecule has 90 valence electrons. The predicted octanol–water partition coefficient (Wildman–Crippen LogP) is 3.11. The van der Waals surface area contributed by atoms with Crippen molar-refractivity contribution in [2.75, 3.05) is 18.9 Å². The molecule has 1 fully saturated rings. The molecule has 1 aromatic rings. The summed E-state index contributed by atoms with van der Waals surface area (Å²) in [5, 5.41) is 2.75. The van der Waals surface area contributed by atoms with Crippen LogP contribution in [0.1, 0.15) is 12.8 Å². The monoisotopic (exact) mass is 295 g/mol. The second-order valence-electron chi connectivity index (χ2n) is 3.99. The Bertz CT molecular complexity index is 459. The van der Waals surface area contributed by atoms with Crippen molar-refractivity contribution in [3.8, 4) is 0 Å². The number of aliphatic imine (C=N–C) groups is 1. The number of carbonyl (C=O) groups excluding carboxylic acids is 1. The molecule has 0 aromatic heterocycles. The molecule has 2 rings (SSSR count). The van der Waals surface area contributed by atoms with E-state index in [0.717, 1.165) is 35.4 Å². The molecule has 0 bridgehead atoms. The average Bonchev–Trinajstić information content (AvgIpc) is 2.64. The highest BCUT2D eigenvalue weighted by Crippen LogP contribution is 2.16. The van der Waals surface area contributed by atoms with Crippen LogP contribution in [0.4, 0.5) is 10.5 Å². The van der Waals surface area contributed by atoms with E-state index in [1.54, 1.807) is 0 Å². The maximum Gasteiger partial charge on any atom is 0.347 e. The summed E-state index contributed by atoms with van der Waals surface area (Å²) in [5.74, 6) is 0.859. The Kier molecular flexibility index (Phi) is 3.78. The van der Waals surface area contributed by atoms with E-state index in [1.165, 1.54) is 0 Å². The number of amidine groups is 1. The van der Waals surface area contributed by atoms with Gasteiger partial charge in [-0.15, -0.1) is 0 Å². The molecule has 4 nitrogen and oxygen atoms in total. The highest BCUT2D eigenvalue weighted by atomic mass is 79.9. The SMILES string of the molecule is CN1CCC/C1=N/C(=O)Nc1cccc(Br)c1. The Hall–Kier alpha value is -1.36. The molecule has 1 aromatic carbocycles. The predicted molar refractivity (Wildman–Crippen MR) is 72.5 cm³/mol. The first-order valence-electron chi connectivity index (χ1n) is 5.50. The third-order valence-corrected chi connectivity index (χ3v) is 3.13. The van der Waals surface area contributed by atoms with Crippen LogP contribution in [-0.4, -0.2) is 30.4 Å². The van der Waals surface area contributed by atoms with Gasteiger partial charge in [0.1, 0.15) is 5.84 Å². The summed E-state index contributed by atoms with van der Waals surface area (Å²) in [6.07, 6.45) is 1.95. The molecular formula is C12H14BrN3O. The van der Waals surface area contributed by atoms with Crippen LogP contribution in [0, 0.1) is 0 Å². The zero-order chi connectivity index (χ0) is 12.3. The molecule has 0 saturated carbocycles. The van der Waals surface area contributed by atoms with Crippen LogP contribution in [0.5, 0.6) is 0 Å². The van der Waals surface area contributed by atoms with E-state index in [4.69, 9.17) is 0 Å². The summed E-state index contributed by atoms with van der Waals surface area (Å²) in [5.41, 5.74) is 0.745. The third kappa shape index (κ3) is 3.30. The standard InChI is InChI=1S/C12H14BrN3O/c1-16-7-3-6-11(16)15-12(17)14-10-5-2-4-9(13)8-10/h2,4-5,8H,3,6-7H2,1H3,(H,14,17)/b15-11-. The minimum atomic E-state index is -0.313. The zero-order valence-electron chi connectivity index (χ0n) is 9.61. The van der Waals surface area contributed by atoms with Gasteiger partial charge in [0.05, 0.1) is 0 Å². The molecule has 0 unspecified atom stereocenters. The quantitative estimate of drug-likeness (QED) is 0.865. The Balaban J connectivity index is 2.02. The Labute approximate surface area is 109 Å². The number of likely N-dealkylation sites (tertiary alicyclic amines) is 1. The van der Waals surface area contributed by atoms with Crippen molar-refractivity contribution in [3.05, 3.63) is 28.7 Å². The number of rotatable bonds is 1. The lowest BCUT2D eigenvalue weighted by molar-refractivity contribution is 0.259. The van der Waals surface area contributed by atoms with Gasteiger partial charge in [-0.3, -0.25) is 0 Å². The fraction of sp³-hybridized carbons (Fsp3) is 0.333. The molecule has 1 heterocycles. The topological polar surface area (TPSA) is 44.7 Å². The smallest absolute Gasteiger partial charge is 0.347 e. The molecule has 1 N–H and O–H groups in total. The number of hydrogen-bond donors (Lipinski definition) is 1. The molecule has 0 radical (unpaired) electrons. The fourth-order valence-corrected chi connectivity index (χ4v) is 2.17. The number of carbonyl (C=O) groups is 1. The second kappa shape index (κ2) is 5.31. The minimum Gasteiger partial charge on any atom is -0.363 e. The van der Waals surface area contributed by atoms with Crippen molar-refractivity contribution < 1.29 is 4.79 Å². The molecule has 0 spiro atoms. The minimum absolute atomic E-state index is 0.313. The molecule has 1 aliphatic heterocycles. The summed E-state index contributed by atoms with van der Waals surface area (Å²) in [7, 11) is 1.96. The first-order valence-corrected chi connectivity index (χ1v) is 6.30. The van der Waals surface area contributed by atoms with Crippen LogP contribution in [0.25, 0.3) is 0 Å². The molecular weight excluding hydrogens is 282 g/mol. The molecule has 17 heavy (non-hydrogen) atoms. The lowest BCUT2D eigenvalue weighted by atomic mass is 10.3. The second-order valence-corrected chi connectivity index (χ2v) is 4.91. The molecule has 1 saturated heterocycles. The molecule has 5 heteroatoms. The number of benzene rings is 1. The van der Waals surface area contributed by atoms with E-state index in [-0.39, 0.29) is 6.03 Å². The van der Waals surface area contributed by atoms with Gasteiger partial charge in [0, 0.05) is 30.2 Å². The van der Waals surface area contributed by atoms with Gasteiger partial charge in [0.25, 0.3) is 0 Å². The number of nitrogens with zero attached hydrogens (tertiary/aromatic N) is 2. The number of hydrogen-bond acceptors (Lipinski definition) is 1. The van der Waals surface area contributed by atoms with Crippen LogP contribution < -0.4 is 5.32 Å². The Morgan fingerprint density at radius 3 is 3.00 bits per heavy atom. The zero-order valence-corrected chi connectivity index (χ0v) is 11.2. The van der Waals surface area contributed by atoms with Crippen molar-refractivity contribution >= 4 is 33.5 Å². The van der Waals surface area contributed by atoms with Crippen molar-refractivity contribution in [2.24, 2.45) is 4.99 Å². The third-order valence-electron chi connectivity index (χ3n) is 2.64. The lowest BCUT2D eigenvalue weighted by Crippen LogP contribution is -2.21. The molecule has 2 amide bonds. The maximum absolute atomic E-state index is 11.7. The van der Waals surface area contributed by atoms with Crippen LogP contribution in [0.2, 0.25) is 0 Å². The van der Waals surface area contributed by atoms with Crippen LogP contribution in [0.3, 0.4) is 0 Å². The van der Waals surface area contributed by atoms with Gasteiger partial charge in [-0.1, -0.05) is 22.0 Å². The summed E-state index contributed by atoms with van der Waals surface area (Å²) in [4.78, 5) is 17.8. The maximum atomic E-state index is 11.7. The van der Waals surface area contributed by atoms with Gasteiger partial charge in [0.15, 0.2) is 0 Å². The van der Waals surface area contributed by atoms with Crippen LogP contribution in [-0.2, 0) is 0 Å². The van der Waals surface area contributed by atoms with E-state index in [0.29, 0.717) is 0 Å². The van der Waals surface area contributed by atoms with Crippen molar-refractivity contribution in [2.45, 2.75) is 12.8 Å². The average molecular weight is 296 g/mol. The van der Waals surface area contributed by atoms with E-state index in [9.17, 15) is 4.79 Å². The first kappa shape index (κ1) is 12.1. The van der Waals surface area contributed by atoms with Crippen molar-refractivity contribution in [3.63, 3.8) is 0 Å². The van der Waals surface area contributed by atoms with Crippen LogP contribution >= 0.6 is 15.9 Å². The number of urea groups is 1. The Morgan fingerprint density at radius 2 is 2.35 bits per heavy atom. The van der Waals surface area contributed by atoms with E-state index in [1.807, 2.05) is 36.2 Å². The number of amides is 2. The van der Waals surface area contributed by atoms with Crippen molar-refractivity contribution in [1.29, 1.82) is 0 Å².